The highest BCUT2D eigenvalue weighted by Gasteiger charge is 1.97. The minimum atomic E-state index is -0.277. The first-order valence-corrected chi connectivity index (χ1v) is 3.22. The van der Waals surface area contributed by atoms with Crippen LogP contribution in [0.4, 0.5) is 4.39 Å². The Morgan fingerprint density at radius 2 is 2.40 bits per heavy atom. The third-order valence-electron chi connectivity index (χ3n) is 0.910. The van der Waals surface area contributed by atoms with Gasteiger partial charge < -0.3 is 4.74 Å². The molecule has 0 saturated carbocycles. The molecular formula is C7H11FO2. The molecule has 3 heteroatoms. The number of hydrogen-bond acceptors (Lipinski definition) is 2. The van der Waals surface area contributed by atoms with Crippen LogP contribution >= 0.6 is 0 Å². The van der Waals surface area contributed by atoms with E-state index in [1.54, 1.807) is 6.92 Å². The van der Waals surface area contributed by atoms with Gasteiger partial charge in [0.1, 0.15) is 0 Å². The van der Waals surface area contributed by atoms with Crippen molar-refractivity contribution in [2.45, 2.75) is 19.8 Å². The highest BCUT2D eigenvalue weighted by Crippen LogP contribution is 1.93. The summed E-state index contributed by atoms with van der Waals surface area (Å²) in [6.45, 7) is 2.13. The van der Waals surface area contributed by atoms with Gasteiger partial charge in [0.25, 0.3) is 0 Å². The van der Waals surface area contributed by atoms with Gasteiger partial charge in [-0.2, -0.15) is 0 Å². The Kier molecular flexibility index (Phi) is 5.72. The van der Waals surface area contributed by atoms with E-state index in [9.17, 15) is 9.18 Å². The lowest BCUT2D eigenvalue weighted by Gasteiger charge is -1.96. The molecule has 0 aliphatic heterocycles. The first kappa shape index (κ1) is 9.14. The molecule has 0 aromatic carbocycles. The summed E-state index contributed by atoms with van der Waals surface area (Å²) < 4.78 is 15.9. The summed E-state index contributed by atoms with van der Waals surface area (Å²) in [5, 5.41) is 0. The quantitative estimate of drug-likeness (QED) is 0.565. The van der Waals surface area contributed by atoms with Crippen LogP contribution in [-0.2, 0) is 9.53 Å². The zero-order valence-electron chi connectivity index (χ0n) is 5.97. The van der Waals surface area contributed by atoms with Crippen LogP contribution in [0.2, 0.25) is 0 Å². The minimum absolute atomic E-state index is 0.258. The minimum Gasteiger partial charge on any atom is -0.466 e. The summed E-state index contributed by atoms with van der Waals surface area (Å²) in [7, 11) is 0. The standard InChI is InChI=1S/C7H11FO2/c1-2-10-7(9)5-3-4-6-8/h4,6H,2-3,5H2,1H3. The molecule has 0 spiro atoms. The van der Waals surface area contributed by atoms with Gasteiger partial charge in [-0.25, -0.2) is 4.39 Å². The van der Waals surface area contributed by atoms with E-state index in [0.717, 1.165) is 0 Å². The lowest BCUT2D eigenvalue weighted by atomic mass is 10.3. The van der Waals surface area contributed by atoms with Crippen LogP contribution in [0.5, 0.6) is 0 Å². The van der Waals surface area contributed by atoms with Crippen LogP contribution in [0.3, 0.4) is 0 Å². The first-order chi connectivity index (χ1) is 4.81. The predicted octanol–water partition coefficient (Wildman–Crippen LogP) is 1.81. The molecule has 58 valence electrons. The fourth-order valence-electron chi connectivity index (χ4n) is 0.497. The van der Waals surface area contributed by atoms with Crippen molar-refractivity contribution in [1.29, 1.82) is 0 Å². The largest absolute Gasteiger partial charge is 0.466 e. The van der Waals surface area contributed by atoms with E-state index in [0.29, 0.717) is 19.4 Å². The van der Waals surface area contributed by atoms with E-state index in [2.05, 4.69) is 4.74 Å². The number of carbonyl (C=O) groups is 1. The highest BCUT2D eigenvalue weighted by molar-refractivity contribution is 5.69. The zero-order valence-corrected chi connectivity index (χ0v) is 5.97. The fourth-order valence-corrected chi connectivity index (χ4v) is 0.497. The van der Waals surface area contributed by atoms with Crippen molar-refractivity contribution in [3.63, 3.8) is 0 Å². The summed E-state index contributed by atoms with van der Waals surface area (Å²) >= 11 is 0. The first-order valence-electron chi connectivity index (χ1n) is 3.22. The van der Waals surface area contributed by atoms with E-state index < -0.39 is 0 Å². The van der Waals surface area contributed by atoms with Gasteiger partial charge in [-0.1, -0.05) is 6.08 Å². The van der Waals surface area contributed by atoms with E-state index in [4.69, 9.17) is 0 Å². The van der Waals surface area contributed by atoms with E-state index >= 15 is 0 Å². The number of carbonyl (C=O) groups excluding carboxylic acids is 1. The van der Waals surface area contributed by atoms with Gasteiger partial charge in [0, 0.05) is 6.42 Å². The van der Waals surface area contributed by atoms with Gasteiger partial charge in [0.05, 0.1) is 12.9 Å². The van der Waals surface area contributed by atoms with Crippen LogP contribution in [0.25, 0.3) is 0 Å². The average molecular weight is 146 g/mol. The lowest BCUT2D eigenvalue weighted by Crippen LogP contribution is -2.02. The van der Waals surface area contributed by atoms with Gasteiger partial charge in [0.15, 0.2) is 0 Å². The molecule has 0 aromatic heterocycles. The SMILES string of the molecule is CCOC(=O)CCC=CF. The second-order valence-corrected chi connectivity index (χ2v) is 1.71. The monoisotopic (exact) mass is 146 g/mol. The summed E-state index contributed by atoms with van der Waals surface area (Å²) in [5.74, 6) is -0.277. The van der Waals surface area contributed by atoms with Crippen LogP contribution in [0.1, 0.15) is 19.8 Å². The number of esters is 1. The van der Waals surface area contributed by atoms with E-state index in [-0.39, 0.29) is 12.4 Å². The lowest BCUT2D eigenvalue weighted by molar-refractivity contribution is -0.142. The highest BCUT2D eigenvalue weighted by atomic mass is 19.1. The fraction of sp³-hybridized carbons (Fsp3) is 0.571. The molecule has 0 atom stereocenters. The maximum absolute atomic E-state index is 11.3. The maximum Gasteiger partial charge on any atom is 0.306 e. The third-order valence-corrected chi connectivity index (χ3v) is 0.910. The van der Waals surface area contributed by atoms with Crippen LogP contribution in [0, 0.1) is 0 Å². The van der Waals surface area contributed by atoms with Crippen LogP contribution < -0.4 is 0 Å². The van der Waals surface area contributed by atoms with Crippen molar-refractivity contribution >= 4 is 5.97 Å². The Labute approximate surface area is 59.7 Å². The molecule has 0 amide bonds. The molecule has 0 fully saturated rings. The number of allylic oxidation sites excluding steroid dienone is 1. The van der Waals surface area contributed by atoms with Crippen molar-refractivity contribution in [2.75, 3.05) is 6.61 Å². The topological polar surface area (TPSA) is 26.3 Å². The number of hydrogen-bond donors (Lipinski definition) is 0. The van der Waals surface area contributed by atoms with Crippen LogP contribution in [-0.4, -0.2) is 12.6 Å². The second-order valence-electron chi connectivity index (χ2n) is 1.71. The summed E-state index contributed by atoms with van der Waals surface area (Å²) in [4.78, 5) is 10.5. The summed E-state index contributed by atoms with van der Waals surface area (Å²) in [6.07, 6.45) is 2.39. The molecule has 0 heterocycles. The summed E-state index contributed by atoms with van der Waals surface area (Å²) in [6, 6.07) is 0. The van der Waals surface area contributed by atoms with Crippen molar-refractivity contribution in [3.05, 3.63) is 12.4 Å². The molecule has 0 aliphatic rings. The van der Waals surface area contributed by atoms with Gasteiger partial charge in [-0.05, 0) is 13.3 Å². The van der Waals surface area contributed by atoms with Crippen LogP contribution in [0.15, 0.2) is 12.4 Å². The van der Waals surface area contributed by atoms with Crippen molar-refractivity contribution in [3.8, 4) is 0 Å². The molecule has 0 unspecified atom stereocenters. The zero-order chi connectivity index (χ0) is 7.82. The molecule has 0 N–H and O–H groups in total. The third kappa shape index (κ3) is 5.28. The van der Waals surface area contributed by atoms with Gasteiger partial charge >= 0.3 is 5.97 Å². The molecule has 0 rings (SSSR count). The Morgan fingerprint density at radius 1 is 1.70 bits per heavy atom. The number of rotatable bonds is 4. The van der Waals surface area contributed by atoms with Crippen molar-refractivity contribution in [1.82, 2.24) is 0 Å². The number of halogens is 1. The Bertz CT molecular complexity index is 121. The van der Waals surface area contributed by atoms with Crippen molar-refractivity contribution in [2.24, 2.45) is 0 Å². The maximum atomic E-state index is 11.3. The number of ether oxygens (including phenoxy) is 1. The molecule has 0 radical (unpaired) electrons. The normalized spacial score (nSPS) is 10.2. The van der Waals surface area contributed by atoms with Gasteiger partial charge in [-0.15, -0.1) is 0 Å². The van der Waals surface area contributed by atoms with Crippen molar-refractivity contribution < 1.29 is 13.9 Å². The molecule has 0 aliphatic carbocycles. The Balaban J connectivity index is 3.21. The Morgan fingerprint density at radius 3 is 2.90 bits per heavy atom. The molecule has 2 nitrogen and oxygen atoms in total. The van der Waals surface area contributed by atoms with Gasteiger partial charge in [-0.3, -0.25) is 4.79 Å². The Hall–Kier alpha value is -0.860. The van der Waals surface area contributed by atoms with Gasteiger partial charge in [0.2, 0.25) is 0 Å². The average Bonchev–Trinajstić information content (AvgIpc) is 1.89. The summed E-state index contributed by atoms with van der Waals surface area (Å²) in [5.41, 5.74) is 0. The smallest absolute Gasteiger partial charge is 0.306 e. The molecule has 0 bridgehead atoms. The molecule has 0 saturated heterocycles. The second kappa shape index (κ2) is 6.26. The van der Waals surface area contributed by atoms with E-state index in [1.165, 1.54) is 6.08 Å². The molecule has 0 aromatic rings. The molecular weight excluding hydrogens is 135 g/mol. The molecule has 10 heavy (non-hydrogen) atoms. The predicted molar refractivity (Wildman–Crippen MR) is 36.1 cm³/mol. The van der Waals surface area contributed by atoms with E-state index in [1.807, 2.05) is 0 Å².